The Balaban J connectivity index is 0. The minimum Gasteiger partial charge on any atom is -0.356 e. The summed E-state index contributed by atoms with van der Waals surface area (Å²) in [5.74, 6) is -0.392. The average Bonchev–Trinajstić information content (AvgIpc) is 2.74. The minimum absolute atomic E-state index is 0. The highest BCUT2D eigenvalue weighted by molar-refractivity contribution is 8.93. The Kier molecular flexibility index (Phi) is 21.1. The molecule has 0 aliphatic heterocycles. The van der Waals surface area contributed by atoms with Crippen LogP contribution in [0.25, 0.3) is 0 Å². The molecule has 9 heteroatoms. The van der Waals surface area contributed by atoms with Gasteiger partial charge in [-0.25, -0.2) is 5.48 Å². The van der Waals surface area contributed by atoms with Gasteiger partial charge in [0, 0.05) is 25.9 Å². The fourth-order valence-electron chi connectivity index (χ4n) is 3.14. The van der Waals surface area contributed by atoms with E-state index >= 15 is 0 Å². The molecule has 0 radical (unpaired) electrons. The maximum absolute atomic E-state index is 11.7. The van der Waals surface area contributed by atoms with Gasteiger partial charge in [0.2, 0.25) is 11.8 Å². The highest BCUT2D eigenvalue weighted by Crippen LogP contribution is 2.22. The lowest BCUT2D eigenvalue weighted by Crippen LogP contribution is -2.27. The summed E-state index contributed by atoms with van der Waals surface area (Å²) >= 11 is 0. The third-order valence-electron chi connectivity index (χ3n) is 5.14. The maximum Gasteiger partial charge on any atom is 0.243 e. The molecule has 0 aliphatic carbocycles. The van der Waals surface area contributed by atoms with Crippen LogP contribution in [0.15, 0.2) is 24.3 Å². The van der Waals surface area contributed by atoms with Crippen molar-refractivity contribution >= 4 is 45.8 Å². The first-order valence-electron chi connectivity index (χ1n) is 11.5. The largest absolute Gasteiger partial charge is 0.356 e. The van der Waals surface area contributed by atoms with Crippen molar-refractivity contribution in [3.8, 4) is 0 Å². The molecule has 7 nitrogen and oxygen atoms in total. The van der Waals surface area contributed by atoms with Gasteiger partial charge in [0.1, 0.15) is 0 Å². The van der Waals surface area contributed by atoms with E-state index in [0.717, 1.165) is 45.4 Å². The van der Waals surface area contributed by atoms with Crippen molar-refractivity contribution in [1.82, 2.24) is 21.4 Å². The SMILES string of the molecule is Br.Br.CC(C)(C)c1ccc(CNCCCCNCCCNC(=O)CCCCC(=O)NO)cc1. The predicted molar refractivity (Wildman–Crippen MR) is 146 cm³/mol. The zero-order chi connectivity index (χ0) is 23.0. The molecular formula is C24H44Br2N4O3. The number of hydroxylamine groups is 1. The van der Waals surface area contributed by atoms with Crippen molar-refractivity contribution in [3.63, 3.8) is 0 Å². The van der Waals surface area contributed by atoms with Gasteiger partial charge in [0.15, 0.2) is 0 Å². The first-order valence-corrected chi connectivity index (χ1v) is 11.5. The van der Waals surface area contributed by atoms with Crippen LogP contribution in [0.1, 0.15) is 76.8 Å². The second-order valence-electron chi connectivity index (χ2n) is 9.03. The molecule has 0 saturated carbocycles. The summed E-state index contributed by atoms with van der Waals surface area (Å²) in [5, 5.41) is 18.2. The smallest absolute Gasteiger partial charge is 0.243 e. The van der Waals surface area contributed by atoms with Gasteiger partial charge in [0.05, 0.1) is 0 Å². The van der Waals surface area contributed by atoms with Crippen molar-refractivity contribution in [3.05, 3.63) is 35.4 Å². The van der Waals surface area contributed by atoms with Gasteiger partial charge in [-0.15, -0.1) is 34.0 Å². The minimum atomic E-state index is -0.409. The lowest BCUT2D eigenvalue weighted by Gasteiger charge is -2.19. The molecule has 0 unspecified atom stereocenters. The van der Waals surface area contributed by atoms with Crippen LogP contribution in [0.2, 0.25) is 0 Å². The molecule has 0 atom stereocenters. The number of benzene rings is 1. The summed E-state index contributed by atoms with van der Waals surface area (Å²) < 4.78 is 0. The zero-order valence-electron chi connectivity index (χ0n) is 20.4. The zero-order valence-corrected chi connectivity index (χ0v) is 23.8. The Bertz CT molecular complexity index is 638. The van der Waals surface area contributed by atoms with Crippen molar-refractivity contribution in [2.75, 3.05) is 26.2 Å². The lowest BCUT2D eigenvalue weighted by atomic mass is 9.87. The molecule has 33 heavy (non-hydrogen) atoms. The topological polar surface area (TPSA) is 102 Å². The van der Waals surface area contributed by atoms with E-state index in [2.05, 4.69) is 61.0 Å². The number of carbonyl (C=O) groups excluding carboxylic acids is 2. The summed E-state index contributed by atoms with van der Waals surface area (Å²) in [5.41, 5.74) is 4.48. The van der Waals surface area contributed by atoms with Gasteiger partial charge in [-0.2, -0.15) is 0 Å². The van der Waals surface area contributed by atoms with Gasteiger partial charge in [-0.3, -0.25) is 14.8 Å². The average molecular weight is 596 g/mol. The predicted octanol–water partition coefficient (Wildman–Crippen LogP) is 4.17. The fourth-order valence-corrected chi connectivity index (χ4v) is 3.14. The Morgan fingerprint density at radius 1 is 0.758 bits per heavy atom. The highest BCUT2D eigenvalue weighted by atomic mass is 79.9. The van der Waals surface area contributed by atoms with Gasteiger partial charge < -0.3 is 16.0 Å². The Hall–Kier alpha value is -1.00. The molecule has 0 bridgehead atoms. The number of halogens is 2. The summed E-state index contributed by atoms with van der Waals surface area (Å²) in [4.78, 5) is 22.5. The third-order valence-corrected chi connectivity index (χ3v) is 5.14. The molecule has 1 rings (SSSR count). The maximum atomic E-state index is 11.7. The molecule has 1 aromatic rings. The van der Waals surface area contributed by atoms with E-state index in [1.54, 1.807) is 5.48 Å². The number of carbonyl (C=O) groups is 2. The second kappa shape index (κ2) is 20.4. The van der Waals surface area contributed by atoms with Crippen LogP contribution in [0.5, 0.6) is 0 Å². The standard InChI is InChI=1S/C24H42N4O3.2BrH/c1-24(2,3)21-13-11-20(12-14-21)19-26-16-7-6-15-25-17-8-18-27-22(29)9-4-5-10-23(30)28-31;;/h11-14,25-26,31H,4-10,15-19H2,1-3H3,(H,27,29)(H,28,30);2*1H. The van der Waals surface area contributed by atoms with Crippen molar-refractivity contribution in [2.45, 2.75) is 77.7 Å². The Morgan fingerprint density at radius 2 is 1.30 bits per heavy atom. The van der Waals surface area contributed by atoms with Gasteiger partial charge in [0.25, 0.3) is 0 Å². The molecule has 1 aromatic carbocycles. The lowest BCUT2D eigenvalue weighted by molar-refractivity contribution is -0.129. The molecule has 0 saturated heterocycles. The second-order valence-corrected chi connectivity index (χ2v) is 9.03. The molecule has 0 aliphatic rings. The number of hydrogen-bond donors (Lipinski definition) is 5. The first kappa shape index (κ1) is 34.2. The number of amides is 2. The quantitative estimate of drug-likeness (QED) is 0.112. The van der Waals surface area contributed by atoms with E-state index in [9.17, 15) is 9.59 Å². The summed E-state index contributed by atoms with van der Waals surface area (Å²) in [6, 6.07) is 8.87. The molecule has 192 valence electrons. The van der Waals surface area contributed by atoms with Crippen molar-refractivity contribution in [2.24, 2.45) is 0 Å². The molecule has 0 spiro atoms. The van der Waals surface area contributed by atoms with Crippen LogP contribution < -0.4 is 21.4 Å². The summed E-state index contributed by atoms with van der Waals surface area (Å²) in [7, 11) is 0. The molecule has 5 N–H and O–H groups in total. The van der Waals surface area contributed by atoms with Crippen LogP contribution in [-0.4, -0.2) is 43.2 Å². The molecule has 0 aromatic heterocycles. The van der Waals surface area contributed by atoms with E-state index in [-0.39, 0.29) is 51.7 Å². The summed E-state index contributed by atoms with van der Waals surface area (Å²) in [6.45, 7) is 11.2. The van der Waals surface area contributed by atoms with E-state index < -0.39 is 5.91 Å². The molecule has 0 fully saturated rings. The number of nitrogens with one attached hydrogen (secondary N) is 4. The third kappa shape index (κ3) is 18.1. The van der Waals surface area contributed by atoms with Crippen LogP contribution in [-0.2, 0) is 21.5 Å². The highest BCUT2D eigenvalue weighted by Gasteiger charge is 2.12. The van der Waals surface area contributed by atoms with Crippen LogP contribution >= 0.6 is 34.0 Å². The van der Waals surface area contributed by atoms with E-state index in [1.165, 1.54) is 11.1 Å². The van der Waals surface area contributed by atoms with Gasteiger partial charge in [-0.1, -0.05) is 45.0 Å². The molecule has 2 amide bonds. The fraction of sp³-hybridized carbons (Fsp3) is 0.667. The van der Waals surface area contributed by atoms with Crippen LogP contribution in [0, 0.1) is 0 Å². The van der Waals surface area contributed by atoms with Crippen LogP contribution in [0.4, 0.5) is 0 Å². The monoisotopic (exact) mass is 594 g/mol. The van der Waals surface area contributed by atoms with Crippen LogP contribution in [0.3, 0.4) is 0 Å². The molecule has 0 heterocycles. The van der Waals surface area contributed by atoms with E-state index in [1.807, 2.05) is 0 Å². The normalized spacial score (nSPS) is 10.7. The number of rotatable bonds is 16. The van der Waals surface area contributed by atoms with E-state index in [4.69, 9.17) is 5.21 Å². The van der Waals surface area contributed by atoms with E-state index in [0.29, 0.717) is 25.8 Å². The van der Waals surface area contributed by atoms with Crippen molar-refractivity contribution < 1.29 is 14.8 Å². The molecular weight excluding hydrogens is 552 g/mol. The van der Waals surface area contributed by atoms with Crippen molar-refractivity contribution in [1.29, 1.82) is 0 Å². The Labute approximate surface area is 220 Å². The van der Waals surface area contributed by atoms with Gasteiger partial charge in [-0.05, 0) is 68.3 Å². The number of unbranched alkanes of at least 4 members (excludes halogenated alkanes) is 2. The number of hydrogen-bond acceptors (Lipinski definition) is 5. The van der Waals surface area contributed by atoms with Gasteiger partial charge >= 0.3 is 0 Å². The Morgan fingerprint density at radius 3 is 1.88 bits per heavy atom. The summed E-state index contributed by atoms with van der Waals surface area (Å²) in [6.07, 6.45) is 5.07. The first-order chi connectivity index (χ1) is 14.8.